The minimum Gasteiger partial charge on any atom is -0.456 e. The molecule has 0 N–H and O–H groups in total. The van der Waals surface area contributed by atoms with Gasteiger partial charge in [-0.3, -0.25) is 0 Å². The zero-order valence-corrected chi connectivity index (χ0v) is 33.5. The quantitative estimate of drug-likeness (QED) is 0.179. The lowest BCUT2D eigenvalue weighted by molar-refractivity contribution is 0.661. The summed E-state index contributed by atoms with van der Waals surface area (Å²) in [7, 11) is 0. The molecule has 0 atom stereocenters. The van der Waals surface area contributed by atoms with Crippen LogP contribution in [-0.4, -0.2) is 9.13 Å². The molecule has 1 aliphatic rings. The summed E-state index contributed by atoms with van der Waals surface area (Å²) in [6.07, 6.45) is 0. The zero-order valence-electron chi connectivity index (χ0n) is 33.5. The molecule has 0 bridgehead atoms. The van der Waals surface area contributed by atoms with Gasteiger partial charge in [-0.1, -0.05) is 105 Å². The topological polar surface area (TPSA) is 36.1 Å². The van der Waals surface area contributed by atoms with Crippen molar-refractivity contribution in [2.75, 3.05) is 0 Å². The summed E-state index contributed by atoms with van der Waals surface area (Å²) >= 11 is 0. The molecule has 14 rings (SSSR count). The Morgan fingerprint density at radius 1 is 0.328 bits per heavy atom. The summed E-state index contributed by atoms with van der Waals surface area (Å²) in [5.74, 6) is 0. The lowest BCUT2D eigenvalue weighted by Crippen LogP contribution is -2.14. The number of aromatic nitrogens is 2. The molecule has 0 fully saturated rings. The first kappa shape index (κ1) is 33.1. The molecule has 61 heavy (non-hydrogen) atoms. The van der Waals surface area contributed by atoms with Gasteiger partial charge in [0.2, 0.25) is 0 Å². The van der Waals surface area contributed by atoms with Gasteiger partial charge in [0.25, 0.3) is 0 Å². The van der Waals surface area contributed by atoms with Crippen LogP contribution in [0.25, 0.3) is 121 Å². The van der Waals surface area contributed by atoms with E-state index in [0.29, 0.717) is 0 Å². The van der Waals surface area contributed by atoms with E-state index in [9.17, 15) is 0 Å². The third kappa shape index (κ3) is 4.43. The predicted octanol–water partition coefficient (Wildman–Crippen LogP) is 15.7. The van der Waals surface area contributed by atoms with Crippen LogP contribution in [0, 0.1) is 0 Å². The number of rotatable bonds is 3. The van der Waals surface area contributed by atoms with Crippen molar-refractivity contribution >= 4 is 87.5 Å². The molecule has 4 heteroatoms. The number of furan rings is 2. The van der Waals surface area contributed by atoms with Gasteiger partial charge in [-0.25, -0.2) is 0 Å². The van der Waals surface area contributed by atoms with Crippen LogP contribution in [-0.2, 0) is 5.41 Å². The molecule has 4 nitrogen and oxygen atoms in total. The van der Waals surface area contributed by atoms with E-state index in [-0.39, 0.29) is 5.41 Å². The highest BCUT2D eigenvalue weighted by atomic mass is 16.3. The normalized spacial score (nSPS) is 13.5. The Hall–Kier alpha value is -7.82. The molecule has 0 spiro atoms. The highest BCUT2D eigenvalue weighted by molar-refractivity contribution is 6.19. The van der Waals surface area contributed by atoms with Crippen molar-refractivity contribution in [2.45, 2.75) is 19.3 Å². The van der Waals surface area contributed by atoms with Gasteiger partial charge in [-0.2, -0.15) is 0 Å². The Bertz CT molecular complexity index is 4020. The minimum absolute atomic E-state index is 0.0930. The standard InChI is InChI=1S/C57H36N2O2/c1-57(2)47-17-9-6-14-37(47)40-29-43-41-26-33(20-23-49(41)58(51(43)31-48(40)57)35-12-4-3-5-13-35)34-21-24-50-42(27-34)44-30-46-39-16-8-11-19-54(39)61-56(46)32-52(44)59(50)36-22-25-55-45(28-36)38-15-7-10-18-53(38)60-55/h3-32H,1-2H3. The Balaban J connectivity index is 1.02. The first-order valence-electron chi connectivity index (χ1n) is 21.1. The van der Waals surface area contributed by atoms with E-state index in [1.807, 2.05) is 18.2 Å². The van der Waals surface area contributed by atoms with E-state index in [1.54, 1.807) is 0 Å². The summed E-state index contributed by atoms with van der Waals surface area (Å²) < 4.78 is 17.6. The van der Waals surface area contributed by atoms with E-state index >= 15 is 0 Å². The number of nitrogens with zero attached hydrogens (tertiary/aromatic N) is 2. The lowest BCUT2D eigenvalue weighted by Gasteiger charge is -2.21. The summed E-state index contributed by atoms with van der Waals surface area (Å²) in [6.45, 7) is 4.73. The van der Waals surface area contributed by atoms with Gasteiger partial charge >= 0.3 is 0 Å². The molecule has 286 valence electrons. The second-order valence-corrected chi connectivity index (χ2v) is 17.3. The Kier molecular flexibility index (Phi) is 6.33. The van der Waals surface area contributed by atoms with Crippen molar-refractivity contribution in [1.29, 1.82) is 0 Å². The Labute approximate surface area is 350 Å². The fourth-order valence-corrected chi connectivity index (χ4v) is 10.8. The fraction of sp³-hybridized carbons (Fsp3) is 0.0526. The van der Waals surface area contributed by atoms with Crippen LogP contribution < -0.4 is 0 Å². The van der Waals surface area contributed by atoms with Crippen molar-refractivity contribution in [3.8, 4) is 33.6 Å². The summed E-state index contributed by atoms with van der Waals surface area (Å²) in [6, 6.07) is 66.4. The molecule has 0 saturated heterocycles. The zero-order chi connectivity index (χ0) is 40.1. The van der Waals surface area contributed by atoms with Gasteiger partial charge in [0, 0.05) is 65.9 Å². The van der Waals surface area contributed by atoms with Gasteiger partial charge < -0.3 is 18.0 Å². The van der Waals surface area contributed by atoms with Crippen molar-refractivity contribution < 1.29 is 8.83 Å². The molecule has 4 heterocycles. The second kappa shape index (κ2) is 11.7. The number of benzene rings is 9. The summed E-state index contributed by atoms with van der Waals surface area (Å²) in [5.41, 5.74) is 18.2. The minimum atomic E-state index is -0.0930. The molecule has 0 aliphatic heterocycles. The smallest absolute Gasteiger partial charge is 0.137 e. The second-order valence-electron chi connectivity index (χ2n) is 17.3. The van der Waals surface area contributed by atoms with E-state index in [0.717, 1.165) is 66.3 Å². The molecule has 0 amide bonds. The van der Waals surface area contributed by atoms with Crippen LogP contribution in [0.4, 0.5) is 0 Å². The highest BCUT2D eigenvalue weighted by Gasteiger charge is 2.36. The monoisotopic (exact) mass is 780 g/mol. The Morgan fingerprint density at radius 2 is 0.885 bits per heavy atom. The molecular weight excluding hydrogens is 745 g/mol. The van der Waals surface area contributed by atoms with E-state index < -0.39 is 0 Å². The van der Waals surface area contributed by atoms with E-state index in [1.165, 1.54) is 66.0 Å². The van der Waals surface area contributed by atoms with Gasteiger partial charge in [0.15, 0.2) is 0 Å². The largest absolute Gasteiger partial charge is 0.456 e. The maximum Gasteiger partial charge on any atom is 0.137 e. The Morgan fingerprint density at radius 3 is 1.62 bits per heavy atom. The lowest BCUT2D eigenvalue weighted by atomic mass is 9.82. The fourth-order valence-electron chi connectivity index (χ4n) is 10.8. The summed E-state index contributed by atoms with van der Waals surface area (Å²) in [5, 5.41) is 9.36. The van der Waals surface area contributed by atoms with Crippen molar-refractivity contribution in [1.82, 2.24) is 9.13 Å². The van der Waals surface area contributed by atoms with Crippen LogP contribution in [0.1, 0.15) is 25.0 Å². The van der Waals surface area contributed by atoms with Crippen LogP contribution >= 0.6 is 0 Å². The predicted molar refractivity (Wildman–Crippen MR) is 253 cm³/mol. The number of para-hydroxylation sites is 3. The molecule has 1 aliphatic carbocycles. The number of fused-ring (bicyclic) bond motifs is 15. The number of hydrogen-bond donors (Lipinski definition) is 0. The highest BCUT2D eigenvalue weighted by Crippen LogP contribution is 2.51. The third-order valence-electron chi connectivity index (χ3n) is 13.7. The van der Waals surface area contributed by atoms with Gasteiger partial charge in [0.05, 0.1) is 22.1 Å². The number of hydrogen-bond acceptors (Lipinski definition) is 2. The van der Waals surface area contributed by atoms with Crippen molar-refractivity contribution in [2.24, 2.45) is 0 Å². The molecule has 13 aromatic rings. The van der Waals surface area contributed by atoms with Gasteiger partial charge in [-0.05, 0) is 118 Å². The maximum atomic E-state index is 6.49. The van der Waals surface area contributed by atoms with Crippen LogP contribution in [0.3, 0.4) is 0 Å². The summed E-state index contributed by atoms with van der Waals surface area (Å²) in [4.78, 5) is 0. The van der Waals surface area contributed by atoms with Crippen molar-refractivity contribution in [3.05, 3.63) is 193 Å². The van der Waals surface area contributed by atoms with Gasteiger partial charge in [-0.15, -0.1) is 0 Å². The molecule has 0 saturated carbocycles. The molecule has 9 aromatic carbocycles. The average molecular weight is 781 g/mol. The molecular formula is C57H36N2O2. The first-order valence-corrected chi connectivity index (χ1v) is 21.1. The van der Waals surface area contributed by atoms with Crippen LogP contribution in [0.2, 0.25) is 0 Å². The van der Waals surface area contributed by atoms with Crippen LogP contribution in [0.5, 0.6) is 0 Å². The first-order chi connectivity index (χ1) is 30.0. The maximum absolute atomic E-state index is 6.49. The average Bonchev–Trinajstić information content (AvgIpc) is 4.08. The molecule has 0 radical (unpaired) electrons. The van der Waals surface area contributed by atoms with Crippen molar-refractivity contribution in [3.63, 3.8) is 0 Å². The molecule has 4 aromatic heterocycles. The SMILES string of the molecule is CC1(C)c2ccccc2-c2cc3c4cc(-c5ccc6c(c5)c5cc7c(cc5n6-c5ccc6oc8ccccc8c6c5)oc5ccccc57)ccc4n(-c4ccccc4)c3cc21. The van der Waals surface area contributed by atoms with Crippen LogP contribution in [0.15, 0.2) is 191 Å². The van der Waals surface area contributed by atoms with E-state index in [4.69, 9.17) is 8.83 Å². The third-order valence-corrected chi connectivity index (χ3v) is 13.7. The van der Waals surface area contributed by atoms with Gasteiger partial charge in [0.1, 0.15) is 22.3 Å². The van der Waals surface area contributed by atoms with E-state index in [2.05, 4.69) is 187 Å². The molecule has 0 unspecified atom stereocenters.